The summed E-state index contributed by atoms with van der Waals surface area (Å²) in [6.45, 7) is -2.92. The lowest BCUT2D eigenvalue weighted by Crippen LogP contribution is -2.38. The molecule has 16 atom stereocenters. The number of nitrogens with two attached hydrogens (primary N) is 3. The van der Waals surface area contributed by atoms with Crippen molar-refractivity contribution < 1.29 is 103 Å². The second-order valence-corrected chi connectivity index (χ2v) is 22.4. The van der Waals surface area contributed by atoms with E-state index in [1.54, 1.807) is 0 Å². The minimum atomic E-state index is -5.87. The Morgan fingerprint density at radius 1 is 0.675 bits per heavy atom. The molecule has 77 heavy (non-hydrogen) atoms. The van der Waals surface area contributed by atoms with Gasteiger partial charge in [-0.2, -0.15) is 18.8 Å². The highest BCUT2D eigenvalue weighted by molar-refractivity contribution is 7.84. The summed E-state index contributed by atoms with van der Waals surface area (Å²) >= 11 is 0. The Morgan fingerprint density at radius 3 is 1.97 bits per heavy atom. The number of nitrogens with zero attached hydrogens (tertiary/aromatic N) is 10. The number of phosphoric acid groups is 3. The number of nitrogens with one attached hydrogen (secondary N) is 2. The van der Waals surface area contributed by atoms with Gasteiger partial charge >= 0.3 is 29.0 Å². The third-order valence-electron chi connectivity index (χ3n) is 12.0. The van der Waals surface area contributed by atoms with Crippen molar-refractivity contribution in [1.82, 2.24) is 53.6 Å². The molecule has 0 amide bonds. The molecular formula is C34H50BN15O23P4. The van der Waals surface area contributed by atoms with E-state index in [-0.39, 0.29) is 57.8 Å². The van der Waals surface area contributed by atoms with E-state index in [1.807, 2.05) is 0 Å². The van der Waals surface area contributed by atoms with Gasteiger partial charge in [0.15, 0.2) is 42.6 Å². The Hall–Kier alpha value is -5.05. The van der Waals surface area contributed by atoms with Crippen molar-refractivity contribution in [1.29, 1.82) is 0 Å². The van der Waals surface area contributed by atoms with Gasteiger partial charge in [-0.1, -0.05) is 0 Å². The first-order valence-electron chi connectivity index (χ1n) is 21.8. The van der Waals surface area contributed by atoms with Crippen molar-refractivity contribution in [2.75, 3.05) is 57.8 Å². The molecule has 0 radical (unpaired) electrons. The molecule has 422 valence electrons. The molecule has 9 rings (SSSR count). The number of H-pyrrole nitrogens is 2. The van der Waals surface area contributed by atoms with E-state index in [1.165, 1.54) is 40.5 Å². The molecule has 3 fully saturated rings. The zero-order valence-corrected chi connectivity index (χ0v) is 42.8. The predicted molar refractivity (Wildman–Crippen MR) is 256 cm³/mol. The number of aromatic nitrogens is 12. The number of ether oxygens (including phenoxy) is 5. The highest BCUT2D eigenvalue weighted by atomic mass is 31.3. The van der Waals surface area contributed by atoms with Crippen LogP contribution in [0, 0.1) is 5.92 Å². The summed E-state index contributed by atoms with van der Waals surface area (Å²) in [5, 5.41) is 33.1. The maximum atomic E-state index is 13.7. The number of phosphoric ester groups is 2. The average Bonchev–Trinajstić information content (AvgIpc) is 4.22. The summed E-state index contributed by atoms with van der Waals surface area (Å²) < 4.78 is 118. The molecule has 43 heteroatoms. The fourth-order valence-corrected chi connectivity index (χ4v) is 12.7. The number of aliphatic hydroxyl groups excluding tert-OH is 3. The molecule has 3 saturated heterocycles. The lowest BCUT2D eigenvalue weighted by atomic mass is 9.99. The summed E-state index contributed by atoms with van der Waals surface area (Å²) in [6, 6.07) is 0. The standard InChI is InChI=1S/C34H50BN15O23P4/c1-47-11-50(27-18(47)29(55)46-34(38)44-27)30-19(51)12(4-63-2)13(68-30)5-65-74(35,56)72-77(61,62)73-76(59,60)67-7-15-22(23(64-3)32(70-15)48-9-41-16-24(36)39-8-40-25(16)48)71-75(57,58)66-6-14-20(52)21(53)31(69-14)49-10-42-17-26(49)43-33(37)45-28(17)54/h8-15,19-23,30-32,51-53H,4-7H2,1-3,35H3,(H,57,58)(H,59,60)(H,61,62)(H2,36,39,40)(H3,37,43,45,54)(H3,38,44,46,55)/t12-,13-,14-,15?,19-,20-,21-,22-,23-,30-,31-,32-,74?/m1/s1. The minimum Gasteiger partial charge on any atom is -0.387 e. The Bertz CT molecular complexity index is 3510. The van der Waals surface area contributed by atoms with Gasteiger partial charge in [0, 0.05) is 20.1 Å². The molecule has 6 aromatic heterocycles. The Morgan fingerprint density at radius 2 is 1.27 bits per heavy atom. The van der Waals surface area contributed by atoms with Gasteiger partial charge in [0.25, 0.3) is 16.7 Å². The van der Waals surface area contributed by atoms with E-state index in [4.69, 9.17) is 63.3 Å². The van der Waals surface area contributed by atoms with Crippen LogP contribution in [0.4, 0.5) is 17.7 Å². The first kappa shape index (κ1) is 56.7. The quantitative estimate of drug-likeness (QED) is 0.0184. The van der Waals surface area contributed by atoms with Crippen molar-refractivity contribution in [3.8, 4) is 0 Å². The fourth-order valence-electron chi connectivity index (χ4n) is 8.70. The third-order valence-corrected chi connectivity index (χ3v) is 16.8. The maximum Gasteiger partial charge on any atom is 0.485 e. The minimum absolute atomic E-state index is 0.0418. The molecule has 14 N–H and O–H groups in total. The Balaban J connectivity index is 0.869. The Kier molecular flexibility index (Phi) is 15.9. The zero-order valence-electron chi connectivity index (χ0n) is 39.2. The Labute approximate surface area is 430 Å². The normalized spacial score (nSPS) is 30.0. The largest absolute Gasteiger partial charge is 0.485 e. The van der Waals surface area contributed by atoms with Gasteiger partial charge in [0.2, 0.25) is 24.5 Å². The molecule has 0 saturated carbocycles. The lowest BCUT2D eigenvalue weighted by molar-refractivity contribution is -0.646. The highest BCUT2D eigenvalue weighted by Gasteiger charge is 2.53. The number of fused-ring (bicyclic) bond motifs is 3. The van der Waals surface area contributed by atoms with Crippen molar-refractivity contribution in [3.05, 3.63) is 46.0 Å². The van der Waals surface area contributed by atoms with Crippen LogP contribution in [-0.4, -0.2) is 181 Å². The van der Waals surface area contributed by atoms with Crippen LogP contribution < -0.4 is 32.9 Å². The van der Waals surface area contributed by atoms with E-state index in [2.05, 4.69) is 44.2 Å². The van der Waals surface area contributed by atoms with Crippen LogP contribution >= 0.6 is 30.9 Å². The number of nitrogen functional groups attached to an aromatic ring is 3. The molecule has 0 aromatic carbocycles. The molecule has 3 aliphatic heterocycles. The number of hydrogen-bond donors (Lipinski definition) is 11. The number of hydrogen-bond acceptors (Lipinski definition) is 29. The van der Waals surface area contributed by atoms with Crippen LogP contribution in [0.25, 0.3) is 33.5 Å². The molecule has 6 aromatic rings. The van der Waals surface area contributed by atoms with E-state index in [9.17, 15) is 57.8 Å². The number of anilines is 3. The number of aryl methyl sites for hydroxylation is 1. The maximum absolute atomic E-state index is 13.7. The van der Waals surface area contributed by atoms with Gasteiger partial charge in [0.05, 0.1) is 59.8 Å². The SMILES string of the molecule is [BH3-]P(=O)(OC[C@H]1O[C@@H](n2c[n+](C)c3c(=O)[nH]c(N)nc32)[C@H](O)[C@@H]1COC)OP(=O)(O)OP(=O)(O)OCC1O[C@@H](n2cnc3c(N)ncnc32)[C@H](OC)[C@@H]1OP(=O)(O)OC[C@H]1O[C@@H](n2cnc3c(=O)[nH]c(N)nc32)[C@H](O)[C@@H]1O. The number of aliphatic hydroxyl groups is 3. The van der Waals surface area contributed by atoms with Crippen molar-refractivity contribution in [2.24, 2.45) is 13.0 Å². The van der Waals surface area contributed by atoms with Crippen molar-refractivity contribution >= 4 is 89.7 Å². The topological polar surface area (TPSA) is 531 Å². The number of aromatic amines is 2. The van der Waals surface area contributed by atoms with Crippen LogP contribution in [0.1, 0.15) is 18.7 Å². The average molecular weight is 1170 g/mol. The van der Waals surface area contributed by atoms with Crippen molar-refractivity contribution in [2.45, 2.75) is 67.5 Å². The number of rotatable bonds is 21. The fraction of sp³-hybridized carbons (Fsp3) is 0.559. The zero-order chi connectivity index (χ0) is 55.7. The molecule has 0 aliphatic carbocycles. The van der Waals surface area contributed by atoms with Crippen LogP contribution in [0.5, 0.6) is 0 Å². The van der Waals surface area contributed by atoms with Gasteiger partial charge in [-0.25, -0.2) is 42.5 Å². The molecule has 38 nitrogen and oxygen atoms in total. The molecule has 0 spiro atoms. The molecule has 9 heterocycles. The summed E-state index contributed by atoms with van der Waals surface area (Å²) in [6.07, 6.45) is -12.1. The first-order chi connectivity index (χ1) is 36.2. The highest BCUT2D eigenvalue weighted by Crippen LogP contribution is 2.68. The summed E-state index contributed by atoms with van der Waals surface area (Å²) in [5.41, 5.74) is 16.0. The van der Waals surface area contributed by atoms with Gasteiger partial charge in [-0.3, -0.25) is 42.3 Å². The van der Waals surface area contributed by atoms with E-state index in [0.717, 1.165) is 24.3 Å². The number of imidazole rings is 3. The molecule has 3 aliphatic rings. The lowest BCUT2D eigenvalue weighted by Gasteiger charge is -2.27. The second kappa shape index (κ2) is 21.5. The molecule has 5 unspecified atom stereocenters. The summed E-state index contributed by atoms with van der Waals surface area (Å²) in [5.74, 6) is -1.49. The number of methoxy groups -OCH3 is 2. The van der Waals surface area contributed by atoms with Crippen LogP contribution in [-0.2, 0) is 75.7 Å². The smallest absolute Gasteiger partial charge is 0.387 e. The van der Waals surface area contributed by atoms with E-state index >= 15 is 0 Å². The molecular weight excluding hydrogens is 1120 g/mol. The first-order valence-corrected chi connectivity index (χ1v) is 27.4. The van der Waals surface area contributed by atoms with Gasteiger partial charge in [-0.15, -0.1) is 0 Å². The van der Waals surface area contributed by atoms with Gasteiger partial charge in [-0.05, 0) is 0 Å². The summed E-state index contributed by atoms with van der Waals surface area (Å²) in [7, 11) is -19.4. The van der Waals surface area contributed by atoms with Gasteiger partial charge in [0.1, 0.15) is 54.6 Å². The second-order valence-electron chi connectivity index (χ2n) is 16.9. The van der Waals surface area contributed by atoms with Crippen LogP contribution in [0.3, 0.4) is 0 Å². The van der Waals surface area contributed by atoms with Crippen LogP contribution in [0.15, 0.2) is 34.9 Å². The van der Waals surface area contributed by atoms with Crippen molar-refractivity contribution in [3.63, 3.8) is 0 Å². The predicted octanol–water partition coefficient (Wildman–Crippen LogP) is -4.44. The monoisotopic (exact) mass is 1170 g/mol. The molecule has 0 bridgehead atoms. The summed E-state index contributed by atoms with van der Waals surface area (Å²) in [4.78, 5) is 86.4. The third kappa shape index (κ3) is 11.5. The van der Waals surface area contributed by atoms with Gasteiger partial charge < -0.3 is 80.0 Å². The van der Waals surface area contributed by atoms with E-state index in [0.29, 0.717) is 0 Å². The van der Waals surface area contributed by atoms with E-state index < -0.39 is 143 Å². The van der Waals surface area contributed by atoms with Crippen LogP contribution in [0.2, 0.25) is 0 Å².